The summed E-state index contributed by atoms with van der Waals surface area (Å²) in [5.74, 6) is -0.390. The number of rotatable bonds is 5. The SMILES string of the molecule is O=C(O)CCCNC(=O)NC1CCCC2OCCC12. The van der Waals surface area contributed by atoms with Gasteiger partial charge in [0.15, 0.2) is 0 Å². The number of aliphatic carboxylic acids is 1. The van der Waals surface area contributed by atoms with E-state index in [9.17, 15) is 9.59 Å². The van der Waals surface area contributed by atoms with E-state index < -0.39 is 5.97 Å². The number of carbonyl (C=O) groups is 2. The minimum atomic E-state index is -0.833. The van der Waals surface area contributed by atoms with Crippen LogP contribution in [-0.2, 0) is 9.53 Å². The maximum absolute atomic E-state index is 11.7. The van der Waals surface area contributed by atoms with E-state index in [0.29, 0.717) is 25.0 Å². The third kappa shape index (κ3) is 4.09. The van der Waals surface area contributed by atoms with Crippen molar-refractivity contribution in [2.45, 2.75) is 50.7 Å². The van der Waals surface area contributed by atoms with Gasteiger partial charge in [0.25, 0.3) is 0 Å². The van der Waals surface area contributed by atoms with Gasteiger partial charge in [0.05, 0.1) is 6.10 Å². The zero-order valence-corrected chi connectivity index (χ0v) is 11.1. The molecule has 6 nitrogen and oxygen atoms in total. The van der Waals surface area contributed by atoms with Gasteiger partial charge in [-0.25, -0.2) is 4.79 Å². The van der Waals surface area contributed by atoms with Crippen LogP contribution < -0.4 is 10.6 Å². The number of carboxylic acid groups (broad SMARTS) is 1. The highest BCUT2D eigenvalue weighted by atomic mass is 16.5. The predicted octanol–water partition coefficient (Wildman–Crippen LogP) is 1.11. The largest absolute Gasteiger partial charge is 0.481 e. The fourth-order valence-corrected chi connectivity index (χ4v) is 3.02. The van der Waals surface area contributed by atoms with Crippen LogP contribution in [0.3, 0.4) is 0 Å². The van der Waals surface area contributed by atoms with Crippen LogP contribution in [0.15, 0.2) is 0 Å². The monoisotopic (exact) mass is 270 g/mol. The molecule has 3 N–H and O–H groups in total. The summed E-state index contributed by atoms with van der Waals surface area (Å²) in [6.07, 6.45) is 5.08. The molecule has 6 heteroatoms. The Morgan fingerprint density at radius 1 is 1.26 bits per heavy atom. The van der Waals surface area contributed by atoms with Gasteiger partial charge >= 0.3 is 12.0 Å². The van der Waals surface area contributed by atoms with E-state index in [1.807, 2.05) is 0 Å². The molecular weight excluding hydrogens is 248 g/mol. The van der Waals surface area contributed by atoms with Crippen molar-refractivity contribution in [1.29, 1.82) is 0 Å². The Morgan fingerprint density at radius 3 is 2.89 bits per heavy atom. The molecule has 1 aliphatic carbocycles. The Labute approximate surface area is 112 Å². The van der Waals surface area contributed by atoms with E-state index in [1.54, 1.807) is 0 Å². The maximum Gasteiger partial charge on any atom is 0.315 e. The zero-order valence-electron chi connectivity index (χ0n) is 11.1. The van der Waals surface area contributed by atoms with Gasteiger partial charge in [-0.15, -0.1) is 0 Å². The standard InChI is InChI=1S/C13H22N2O4/c16-12(17)5-2-7-14-13(18)15-10-3-1-4-11-9(10)6-8-19-11/h9-11H,1-8H2,(H,16,17)(H2,14,15,18). The molecule has 0 radical (unpaired) electrons. The lowest BCUT2D eigenvalue weighted by molar-refractivity contribution is -0.137. The number of amides is 2. The molecule has 0 aromatic carbocycles. The highest BCUT2D eigenvalue weighted by molar-refractivity contribution is 5.74. The van der Waals surface area contributed by atoms with Crippen molar-refractivity contribution in [1.82, 2.24) is 10.6 Å². The van der Waals surface area contributed by atoms with Gasteiger partial charge < -0.3 is 20.5 Å². The van der Waals surface area contributed by atoms with Gasteiger partial charge in [0.1, 0.15) is 0 Å². The molecule has 0 bridgehead atoms. The van der Waals surface area contributed by atoms with Gasteiger partial charge in [-0.05, 0) is 32.1 Å². The summed E-state index contributed by atoms with van der Waals surface area (Å²) in [6.45, 7) is 1.20. The van der Waals surface area contributed by atoms with Crippen LogP contribution in [0.4, 0.5) is 4.79 Å². The molecule has 2 aliphatic rings. The Balaban J connectivity index is 1.68. The number of fused-ring (bicyclic) bond motifs is 1. The van der Waals surface area contributed by atoms with Crippen molar-refractivity contribution in [3.05, 3.63) is 0 Å². The van der Waals surface area contributed by atoms with Crippen molar-refractivity contribution in [2.24, 2.45) is 5.92 Å². The Hall–Kier alpha value is -1.30. The Kier molecular flexibility index (Phi) is 5.01. The van der Waals surface area contributed by atoms with Crippen LogP contribution >= 0.6 is 0 Å². The van der Waals surface area contributed by atoms with E-state index in [4.69, 9.17) is 9.84 Å². The molecule has 1 saturated heterocycles. The molecule has 1 aliphatic heterocycles. The van der Waals surface area contributed by atoms with Gasteiger partial charge in [-0.2, -0.15) is 0 Å². The zero-order chi connectivity index (χ0) is 13.7. The first-order chi connectivity index (χ1) is 9.16. The molecule has 3 atom stereocenters. The number of carboxylic acids is 1. The first-order valence-electron chi connectivity index (χ1n) is 7.04. The van der Waals surface area contributed by atoms with E-state index in [-0.39, 0.29) is 18.5 Å². The third-order valence-electron chi connectivity index (χ3n) is 3.95. The second-order valence-electron chi connectivity index (χ2n) is 5.30. The number of hydrogen-bond donors (Lipinski definition) is 3. The number of urea groups is 1. The van der Waals surface area contributed by atoms with E-state index in [2.05, 4.69) is 10.6 Å². The topological polar surface area (TPSA) is 87.7 Å². The van der Waals surface area contributed by atoms with Crippen molar-refractivity contribution < 1.29 is 19.4 Å². The molecule has 2 amide bonds. The van der Waals surface area contributed by atoms with E-state index in [0.717, 1.165) is 32.3 Å². The first-order valence-corrected chi connectivity index (χ1v) is 7.04. The molecule has 3 unspecified atom stereocenters. The molecule has 1 saturated carbocycles. The van der Waals surface area contributed by atoms with Crippen LogP contribution in [0.25, 0.3) is 0 Å². The lowest BCUT2D eigenvalue weighted by Gasteiger charge is -2.33. The second kappa shape index (κ2) is 6.75. The quantitative estimate of drug-likeness (QED) is 0.653. The summed E-state index contributed by atoms with van der Waals surface area (Å²) in [5, 5.41) is 14.2. The molecule has 1 heterocycles. The fraction of sp³-hybridized carbons (Fsp3) is 0.846. The van der Waals surface area contributed by atoms with Crippen molar-refractivity contribution in [3.63, 3.8) is 0 Å². The van der Waals surface area contributed by atoms with Crippen molar-refractivity contribution in [2.75, 3.05) is 13.2 Å². The van der Waals surface area contributed by atoms with Crippen molar-refractivity contribution >= 4 is 12.0 Å². The highest BCUT2D eigenvalue weighted by Crippen LogP contribution is 2.34. The second-order valence-corrected chi connectivity index (χ2v) is 5.30. The minimum Gasteiger partial charge on any atom is -0.481 e. The summed E-state index contributed by atoms with van der Waals surface area (Å²) >= 11 is 0. The summed E-state index contributed by atoms with van der Waals surface area (Å²) in [6, 6.07) is 0.00339. The normalized spacial score (nSPS) is 29.6. The van der Waals surface area contributed by atoms with Crippen LogP contribution in [0.5, 0.6) is 0 Å². The predicted molar refractivity (Wildman–Crippen MR) is 68.9 cm³/mol. The Bertz CT molecular complexity index is 335. The first kappa shape index (κ1) is 14.1. The number of hydrogen-bond acceptors (Lipinski definition) is 3. The van der Waals surface area contributed by atoms with E-state index in [1.165, 1.54) is 0 Å². The van der Waals surface area contributed by atoms with Crippen LogP contribution in [0.2, 0.25) is 0 Å². The maximum atomic E-state index is 11.7. The van der Waals surface area contributed by atoms with Gasteiger partial charge in [-0.1, -0.05) is 0 Å². The van der Waals surface area contributed by atoms with Crippen LogP contribution in [0.1, 0.15) is 38.5 Å². The lowest BCUT2D eigenvalue weighted by atomic mass is 9.82. The highest BCUT2D eigenvalue weighted by Gasteiger charge is 2.38. The molecule has 19 heavy (non-hydrogen) atoms. The molecule has 108 valence electrons. The smallest absolute Gasteiger partial charge is 0.315 e. The third-order valence-corrected chi connectivity index (χ3v) is 3.95. The summed E-state index contributed by atoms with van der Waals surface area (Å²) in [5.41, 5.74) is 0. The molecule has 2 fully saturated rings. The summed E-state index contributed by atoms with van der Waals surface area (Å²) in [4.78, 5) is 22.1. The molecular formula is C13H22N2O4. The van der Waals surface area contributed by atoms with Crippen LogP contribution in [-0.4, -0.2) is 42.4 Å². The fourth-order valence-electron chi connectivity index (χ4n) is 3.02. The van der Waals surface area contributed by atoms with Crippen molar-refractivity contribution in [3.8, 4) is 0 Å². The number of nitrogens with one attached hydrogen (secondary N) is 2. The molecule has 0 aromatic heterocycles. The average Bonchev–Trinajstić information content (AvgIpc) is 2.84. The number of carbonyl (C=O) groups excluding carboxylic acids is 1. The molecule has 2 rings (SSSR count). The van der Waals surface area contributed by atoms with Gasteiger partial charge in [-0.3, -0.25) is 4.79 Å². The minimum absolute atomic E-state index is 0.0856. The summed E-state index contributed by atoms with van der Waals surface area (Å²) in [7, 11) is 0. The van der Waals surface area contributed by atoms with Crippen LogP contribution in [0, 0.1) is 5.92 Å². The molecule has 0 spiro atoms. The van der Waals surface area contributed by atoms with Gasteiger partial charge in [0, 0.05) is 31.5 Å². The van der Waals surface area contributed by atoms with E-state index >= 15 is 0 Å². The molecule has 0 aromatic rings. The average molecular weight is 270 g/mol. The van der Waals surface area contributed by atoms with Gasteiger partial charge in [0.2, 0.25) is 0 Å². The summed E-state index contributed by atoms with van der Waals surface area (Å²) < 4.78 is 5.66. The Morgan fingerprint density at radius 2 is 2.11 bits per heavy atom. The number of ether oxygens (including phenoxy) is 1. The lowest BCUT2D eigenvalue weighted by Crippen LogP contribution is -2.49.